The lowest BCUT2D eigenvalue weighted by atomic mass is 9.93. The Kier molecular flexibility index (Phi) is 7.30. The normalized spacial score (nSPS) is 16.7. The number of anilines is 1. The Balaban J connectivity index is 1.99. The standard InChI is InChI=1S/C27H26N2O7S/c1-6-36-19-10-8-7-9-18(19)21-20(22(30)17-12-11-16(34-4)13-14(17)2)23(31)25(32)29(21)27-28-15(3)24(37-27)26(33)35-5/h7-13,21,30H,6H2,1-5H3/t21-/m1/s1. The molecular weight excluding hydrogens is 496 g/mol. The lowest BCUT2D eigenvalue weighted by Crippen LogP contribution is -2.29. The van der Waals surface area contributed by atoms with Crippen molar-refractivity contribution in [1.82, 2.24) is 4.98 Å². The molecule has 10 heteroatoms. The van der Waals surface area contributed by atoms with Crippen LogP contribution >= 0.6 is 11.3 Å². The fourth-order valence-corrected chi connectivity index (χ4v) is 5.27. The number of amides is 1. The van der Waals surface area contributed by atoms with Gasteiger partial charge in [0.25, 0.3) is 5.78 Å². The van der Waals surface area contributed by atoms with E-state index >= 15 is 0 Å². The molecule has 1 aliphatic heterocycles. The maximum absolute atomic E-state index is 13.5. The molecule has 1 atom stereocenters. The number of rotatable bonds is 7. The van der Waals surface area contributed by atoms with E-state index in [1.54, 1.807) is 56.3 Å². The highest BCUT2D eigenvalue weighted by molar-refractivity contribution is 7.17. The maximum Gasteiger partial charge on any atom is 0.350 e. The van der Waals surface area contributed by atoms with E-state index in [1.165, 1.54) is 19.1 Å². The van der Waals surface area contributed by atoms with E-state index in [4.69, 9.17) is 14.2 Å². The Labute approximate surface area is 217 Å². The largest absolute Gasteiger partial charge is 0.507 e. The fraction of sp³-hybridized carbons (Fsp3) is 0.259. The summed E-state index contributed by atoms with van der Waals surface area (Å²) in [5.41, 5.74) is 1.76. The second-order valence-electron chi connectivity index (χ2n) is 8.22. The molecule has 1 aliphatic rings. The highest BCUT2D eigenvalue weighted by Crippen LogP contribution is 2.46. The number of para-hydroxylation sites is 1. The molecule has 9 nitrogen and oxygen atoms in total. The van der Waals surface area contributed by atoms with Crippen LogP contribution in [0.1, 0.15) is 45.0 Å². The molecule has 1 amide bonds. The minimum Gasteiger partial charge on any atom is -0.507 e. The molecule has 2 aromatic carbocycles. The Bertz CT molecular complexity index is 1430. The summed E-state index contributed by atoms with van der Waals surface area (Å²) in [6, 6.07) is 10.9. The Morgan fingerprint density at radius 2 is 1.86 bits per heavy atom. The molecule has 0 radical (unpaired) electrons. The molecular formula is C27H26N2O7S. The second-order valence-corrected chi connectivity index (χ2v) is 9.20. The molecule has 192 valence electrons. The molecule has 1 saturated heterocycles. The Hall–Kier alpha value is -4.18. The third kappa shape index (κ3) is 4.55. The average molecular weight is 523 g/mol. The molecule has 3 aromatic rings. The summed E-state index contributed by atoms with van der Waals surface area (Å²) < 4.78 is 15.9. The van der Waals surface area contributed by atoms with Crippen LogP contribution in [-0.2, 0) is 14.3 Å². The number of methoxy groups -OCH3 is 2. The van der Waals surface area contributed by atoms with Crippen LogP contribution in [-0.4, -0.2) is 48.6 Å². The summed E-state index contributed by atoms with van der Waals surface area (Å²) in [4.78, 5) is 45.0. The van der Waals surface area contributed by atoms with Crippen molar-refractivity contribution < 1.29 is 33.7 Å². The van der Waals surface area contributed by atoms with Gasteiger partial charge in [0.2, 0.25) is 0 Å². The first-order valence-corrected chi connectivity index (χ1v) is 12.3. The van der Waals surface area contributed by atoms with Gasteiger partial charge in [-0.25, -0.2) is 9.78 Å². The number of aromatic nitrogens is 1. The van der Waals surface area contributed by atoms with E-state index in [9.17, 15) is 19.5 Å². The minimum absolute atomic E-state index is 0.113. The zero-order chi connectivity index (χ0) is 26.9. The predicted molar refractivity (Wildman–Crippen MR) is 138 cm³/mol. The summed E-state index contributed by atoms with van der Waals surface area (Å²) in [6.45, 7) is 5.55. The van der Waals surface area contributed by atoms with Crippen molar-refractivity contribution in [2.75, 3.05) is 25.7 Å². The zero-order valence-corrected chi connectivity index (χ0v) is 21.8. The molecule has 2 heterocycles. The number of thiazole rings is 1. The Morgan fingerprint density at radius 3 is 2.51 bits per heavy atom. The van der Waals surface area contributed by atoms with Crippen LogP contribution in [0.3, 0.4) is 0 Å². The van der Waals surface area contributed by atoms with Crippen molar-refractivity contribution in [3.05, 3.63) is 75.3 Å². The number of aliphatic hydroxyl groups excluding tert-OH is 1. The van der Waals surface area contributed by atoms with Crippen LogP contribution in [0.25, 0.3) is 5.76 Å². The number of aliphatic hydroxyl groups is 1. The van der Waals surface area contributed by atoms with Gasteiger partial charge < -0.3 is 19.3 Å². The van der Waals surface area contributed by atoms with Gasteiger partial charge in [-0.3, -0.25) is 14.5 Å². The zero-order valence-electron chi connectivity index (χ0n) is 21.0. The second kappa shape index (κ2) is 10.4. The van der Waals surface area contributed by atoms with E-state index in [1.807, 2.05) is 6.92 Å². The molecule has 0 unspecified atom stereocenters. The monoisotopic (exact) mass is 522 g/mol. The molecule has 1 N–H and O–H groups in total. The van der Waals surface area contributed by atoms with E-state index in [-0.39, 0.29) is 21.3 Å². The summed E-state index contributed by atoms with van der Waals surface area (Å²) in [5.74, 6) is -1.66. The van der Waals surface area contributed by atoms with E-state index < -0.39 is 23.7 Å². The highest BCUT2D eigenvalue weighted by atomic mass is 32.1. The molecule has 0 saturated carbocycles. The number of carbonyl (C=O) groups excluding carboxylic acids is 3. The number of aryl methyl sites for hydroxylation is 2. The number of benzene rings is 2. The van der Waals surface area contributed by atoms with Gasteiger partial charge in [-0.05, 0) is 50.6 Å². The van der Waals surface area contributed by atoms with Crippen molar-refractivity contribution in [2.24, 2.45) is 0 Å². The first-order chi connectivity index (χ1) is 17.7. The third-order valence-electron chi connectivity index (χ3n) is 6.01. The number of hydrogen-bond donors (Lipinski definition) is 1. The first kappa shape index (κ1) is 25.9. The lowest BCUT2D eigenvalue weighted by molar-refractivity contribution is -0.132. The van der Waals surface area contributed by atoms with Crippen LogP contribution in [0.5, 0.6) is 11.5 Å². The third-order valence-corrected chi connectivity index (χ3v) is 7.15. The van der Waals surface area contributed by atoms with E-state index in [2.05, 4.69) is 4.98 Å². The molecule has 1 fully saturated rings. The van der Waals surface area contributed by atoms with Gasteiger partial charge >= 0.3 is 11.9 Å². The number of ketones is 1. The molecule has 37 heavy (non-hydrogen) atoms. The quantitative estimate of drug-likeness (QED) is 0.208. The average Bonchev–Trinajstić information content (AvgIpc) is 3.40. The van der Waals surface area contributed by atoms with Gasteiger partial charge in [-0.2, -0.15) is 0 Å². The van der Waals surface area contributed by atoms with E-state index in [0.29, 0.717) is 40.5 Å². The minimum atomic E-state index is -1.06. The number of nitrogens with zero attached hydrogens (tertiary/aromatic N) is 2. The smallest absolute Gasteiger partial charge is 0.350 e. The Morgan fingerprint density at radius 1 is 1.14 bits per heavy atom. The van der Waals surface area contributed by atoms with Gasteiger partial charge in [-0.1, -0.05) is 29.5 Å². The van der Waals surface area contributed by atoms with E-state index in [0.717, 1.165) is 11.3 Å². The number of esters is 1. The summed E-state index contributed by atoms with van der Waals surface area (Å²) in [7, 11) is 2.78. The van der Waals surface area contributed by atoms with Crippen LogP contribution in [0.15, 0.2) is 48.0 Å². The molecule has 0 spiro atoms. The predicted octanol–water partition coefficient (Wildman–Crippen LogP) is 4.58. The topological polar surface area (TPSA) is 115 Å². The summed E-state index contributed by atoms with van der Waals surface area (Å²) >= 11 is 0.936. The van der Waals surface area contributed by atoms with Gasteiger partial charge in [-0.15, -0.1) is 0 Å². The van der Waals surface area contributed by atoms with Crippen molar-refractivity contribution in [1.29, 1.82) is 0 Å². The number of ether oxygens (including phenoxy) is 3. The molecule has 1 aromatic heterocycles. The van der Waals surface area contributed by atoms with Crippen molar-refractivity contribution in [2.45, 2.75) is 26.8 Å². The van der Waals surface area contributed by atoms with Crippen molar-refractivity contribution in [3.8, 4) is 11.5 Å². The van der Waals surface area contributed by atoms with Crippen LogP contribution in [0.2, 0.25) is 0 Å². The van der Waals surface area contributed by atoms with Crippen LogP contribution < -0.4 is 14.4 Å². The van der Waals surface area contributed by atoms with Crippen molar-refractivity contribution >= 4 is 39.9 Å². The molecule has 0 aliphatic carbocycles. The number of Topliss-reactive ketones (excluding diaryl/α,β-unsaturated/α-hetero) is 1. The van der Waals surface area contributed by atoms with Crippen LogP contribution in [0, 0.1) is 13.8 Å². The summed E-state index contributed by atoms with van der Waals surface area (Å²) in [5, 5.41) is 11.6. The maximum atomic E-state index is 13.5. The lowest BCUT2D eigenvalue weighted by Gasteiger charge is -2.25. The highest BCUT2D eigenvalue weighted by Gasteiger charge is 2.49. The first-order valence-electron chi connectivity index (χ1n) is 11.5. The van der Waals surface area contributed by atoms with Gasteiger partial charge in [0.05, 0.1) is 32.1 Å². The summed E-state index contributed by atoms with van der Waals surface area (Å²) in [6.07, 6.45) is 0. The van der Waals surface area contributed by atoms with Gasteiger partial charge in [0, 0.05) is 11.1 Å². The number of hydrogen-bond acceptors (Lipinski definition) is 9. The van der Waals surface area contributed by atoms with Crippen LogP contribution in [0.4, 0.5) is 5.13 Å². The molecule has 0 bridgehead atoms. The fourth-order valence-electron chi connectivity index (χ4n) is 4.26. The number of carbonyl (C=O) groups is 3. The van der Waals surface area contributed by atoms with Gasteiger partial charge in [0.15, 0.2) is 5.13 Å². The SMILES string of the molecule is CCOc1ccccc1[C@@H]1C(=C(O)c2ccc(OC)cc2C)C(=O)C(=O)N1c1nc(C)c(C(=O)OC)s1. The van der Waals surface area contributed by atoms with Crippen molar-refractivity contribution in [3.63, 3.8) is 0 Å². The van der Waals surface area contributed by atoms with Gasteiger partial charge in [0.1, 0.15) is 28.2 Å². The molecule has 4 rings (SSSR count).